The zero-order valence-electron chi connectivity index (χ0n) is 17.5. The summed E-state index contributed by atoms with van der Waals surface area (Å²) in [6.07, 6.45) is 5.28. The van der Waals surface area contributed by atoms with Crippen LogP contribution in [0.1, 0.15) is 18.4 Å². The van der Waals surface area contributed by atoms with Crippen molar-refractivity contribution in [1.29, 1.82) is 0 Å². The van der Waals surface area contributed by atoms with Crippen LogP contribution in [0.25, 0.3) is 22.4 Å². The van der Waals surface area contributed by atoms with Crippen molar-refractivity contribution in [2.75, 3.05) is 37.6 Å². The van der Waals surface area contributed by atoms with E-state index in [1.54, 1.807) is 0 Å². The van der Waals surface area contributed by atoms with Gasteiger partial charge in [0.05, 0.1) is 17.0 Å². The van der Waals surface area contributed by atoms with Gasteiger partial charge in [-0.05, 0) is 37.6 Å². The van der Waals surface area contributed by atoms with Gasteiger partial charge in [0.25, 0.3) is 0 Å². The van der Waals surface area contributed by atoms with E-state index in [-0.39, 0.29) is 5.76 Å². The molecule has 0 saturated carbocycles. The molecule has 0 bridgehead atoms. The quantitative estimate of drug-likeness (QED) is 0.572. The number of H-pyrrole nitrogens is 1. The van der Waals surface area contributed by atoms with Gasteiger partial charge in [0.1, 0.15) is 0 Å². The lowest BCUT2D eigenvalue weighted by molar-refractivity contribution is 0.249. The van der Waals surface area contributed by atoms with Gasteiger partial charge < -0.3 is 10.0 Å². The van der Waals surface area contributed by atoms with Gasteiger partial charge in [0.2, 0.25) is 0 Å². The van der Waals surface area contributed by atoms with Crippen molar-refractivity contribution in [3.8, 4) is 22.4 Å². The Labute approximate surface area is 177 Å². The molecule has 1 aliphatic rings. The zero-order chi connectivity index (χ0) is 20.9. The Balaban J connectivity index is 1.57. The van der Waals surface area contributed by atoms with Gasteiger partial charge in [0.15, 0.2) is 5.82 Å². The number of nitrogens with zero attached hydrogens (tertiary/aromatic N) is 4. The van der Waals surface area contributed by atoms with Crippen molar-refractivity contribution in [1.82, 2.24) is 20.1 Å². The number of aliphatic hydroxyl groups is 1. The number of anilines is 1. The second kappa shape index (κ2) is 9.13. The molecule has 3 aromatic rings. The third-order valence-corrected chi connectivity index (χ3v) is 5.67. The second-order valence-electron chi connectivity index (χ2n) is 7.90. The number of nitrogens with one attached hydrogen (secondary N) is 1. The van der Waals surface area contributed by atoms with Gasteiger partial charge in [-0.25, -0.2) is 0 Å². The summed E-state index contributed by atoms with van der Waals surface area (Å²) in [5.74, 6) is 1.27. The third kappa shape index (κ3) is 4.54. The molecule has 3 heterocycles. The van der Waals surface area contributed by atoms with Crippen molar-refractivity contribution in [3.63, 3.8) is 0 Å². The van der Waals surface area contributed by atoms with E-state index < -0.39 is 0 Å². The smallest absolute Gasteiger partial charge is 0.159 e. The lowest BCUT2D eigenvalue weighted by Crippen LogP contribution is -2.47. The maximum Gasteiger partial charge on any atom is 0.159 e. The van der Waals surface area contributed by atoms with Crippen LogP contribution >= 0.6 is 0 Å². The van der Waals surface area contributed by atoms with Crippen molar-refractivity contribution >= 4 is 5.82 Å². The standard InChI is InChI=1S/C24H29N5O/c1-18-5-7-21(8-6-18)23-22(20-9-11-25-12-10-20)24(27-26-23)29-16-14-28(15-17-29)13-3-4-19(2)30/h5-12,30H,2-4,13-17H2,1H3,(H,26,27). The fourth-order valence-electron chi connectivity index (χ4n) is 3.97. The first kappa shape index (κ1) is 20.2. The fourth-order valence-corrected chi connectivity index (χ4v) is 3.97. The van der Waals surface area contributed by atoms with Crippen molar-refractivity contribution in [2.24, 2.45) is 0 Å². The van der Waals surface area contributed by atoms with Crippen molar-refractivity contribution in [2.45, 2.75) is 19.8 Å². The van der Waals surface area contributed by atoms with E-state index in [1.165, 1.54) is 5.56 Å². The maximum absolute atomic E-state index is 9.29. The average Bonchev–Trinajstić information content (AvgIpc) is 3.20. The molecule has 6 heteroatoms. The first-order valence-corrected chi connectivity index (χ1v) is 10.5. The SMILES string of the molecule is C=C(O)CCCN1CCN(c2n[nH]c(-c3ccc(C)cc3)c2-c2ccncc2)CC1. The highest BCUT2D eigenvalue weighted by atomic mass is 16.3. The lowest BCUT2D eigenvalue weighted by atomic mass is 10.0. The van der Waals surface area contributed by atoms with E-state index in [0.717, 1.165) is 67.3 Å². The number of hydrogen-bond donors (Lipinski definition) is 2. The lowest BCUT2D eigenvalue weighted by Gasteiger charge is -2.35. The molecule has 0 spiro atoms. The molecular weight excluding hydrogens is 374 g/mol. The molecule has 0 radical (unpaired) electrons. The van der Waals surface area contributed by atoms with Crippen LogP contribution in [0.3, 0.4) is 0 Å². The monoisotopic (exact) mass is 403 g/mol. The van der Waals surface area contributed by atoms with E-state index in [9.17, 15) is 5.11 Å². The number of aromatic amines is 1. The summed E-state index contributed by atoms with van der Waals surface area (Å²) in [7, 11) is 0. The molecule has 1 aliphatic heterocycles. The van der Waals surface area contributed by atoms with Crippen LogP contribution in [0.4, 0.5) is 5.82 Å². The Bertz CT molecular complexity index is 973. The Morgan fingerprint density at radius 2 is 1.73 bits per heavy atom. The first-order valence-electron chi connectivity index (χ1n) is 10.5. The highest BCUT2D eigenvalue weighted by Crippen LogP contribution is 2.38. The van der Waals surface area contributed by atoms with Crippen molar-refractivity contribution < 1.29 is 5.11 Å². The molecule has 4 rings (SSSR count). The van der Waals surface area contributed by atoms with Gasteiger partial charge in [0, 0.05) is 50.6 Å². The molecule has 1 fully saturated rings. The Hall–Kier alpha value is -3.12. The fraction of sp³-hybridized carbons (Fsp3) is 0.333. The van der Waals surface area contributed by atoms with E-state index in [1.807, 2.05) is 24.5 Å². The van der Waals surface area contributed by atoms with E-state index in [2.05, 4.69) is 57.7 Å². The molecule has 30 heavy (non-hydrogen) atoms. The molecule has 1 saturated heterocycles. The van der Waals surface area contributed by atoms with Gasteiger partial charge in [-0.2, -0.15) is 5.10 Å². The zero-order valence-corrected chi connectivity index (χ0v) is 17.5. The molecule has 2 aromatic heterocycles. The predicted molar refractivity (Wildman–Crippen MR) is 122 cm³/mol. The van der Waals surface area contributed by atoms with E-state index in [4.69, 9.17) is 5.10 Å². The number of aliphatic hydroxyl groups excluding tert-OH is 1. The minimum Gasteiger partial charge on any atom is -0.513 e. The number of pyridine rings is 1. The number of aromatic nitrogens is 3. The Morgan fingerprint density at radius 3 is 2.40 bits per heavy atom. The molecule has 1 aromatic carbocycles. The normalized spacial score (nSPS) is 14.8. The second-order valence-corrected chi connectivity index (χ2v) is 7.90. The molecular formula is C24H29N5O. The Morgan fingerprint density at radius 1 is 1.03 bits per heavy atom. The average molecular weight is 404 g/mol. The molecule has 2 N–H and O–H groups in total. The third-order valence-electron chi connectivity index (χ3n) is 5.67. The molecule has 0 aliphatic carbocycles. The summed E-state index contributed by atoms with van der Waals surface area (Å²) < 4.78 is 0. The number of allylic oxidation sites excluding steroid dienone is 1. The number of aryl methyl sites for hydroxylation is 1. The van der Waals surface area contributed by atoms with Crippen molar-refractivity contribution in [3.05, 3.63) is 66.7 Å². The first-order chi connectivity index (χ1) is 14.6. The number of hydrogen-bond acceptors (Lipinski definition) is 5. The van der Waals surface area contributed by atoms with Crippen LogP contribution < -0.4 is 4.90 Å². The number of piperazine rings is 1. The summed E-state index contributed by atoms with van der Waals surface area (Å²) in [5.41, 5.74) is 5.67. The highest BCUT2D eigenvalue weighted by Gasteiger charge is 2.24. The summed E-state index contributed by atoms with van der Waals surface area (Å²) in [4.78, 5) is 9.00. The molecule has 156 valence electrons. The number of benzene rings is 1. The molecule has 0 unspecified atom stereocenters. The van der Waals surface area contributed by atoms with E-state index in [0.29, 0.717) is 6.42 Å². The van der Waals surface area contributed by atoms with E-state index >= 15 is 0 Å². The van der Waals surface area contributed by atoms with Gasteiger partial charge in [-0.3, -0.25) is 15.0 Å². The topological polar surface area (TPSA) is 68.3 Å². The van der Waals surface area contributed by atoms with Crippen LogP contribution in [0.2, 0.25) is 0 Å². The largest absolute Gasteiger partial charge is 0.513 e. The van der Waals surface area contributed by atoms with Crippen LogP contribution in [-0.4, -0.2) is 57.9 Å². The van der Waals surface area contributed by atoms with Crippen LogP contribution in [0, 0.1) is 6.92 Å². The minimum absolute atomic E-state index is 0.274. The number of rotatable bonds is 7. The van der Waals surface area contributed by atoms with Gasteiger partial charge in [-0.15, -0.1) is 0 Å². The minimum atomic E-state index is 0.274. The van der Waals surface area contributed by atoms with Crippen LogP contribution in [-0.2, 0) is 0 Å². The highest BCUT2D eigenvalue weighted by molar-refractivity contribution is 5.89. The summed E-state index contributed by atoms with van der Waals surface area (Å²) in [6, 6.07) is 12.6. The van der Waals surface area contributed by atoms with Gasteiger partial charge in [-0.1, -0.05) is 36.4 Å². The maximum atomic E-state index is 9.29. The summed E-state index contributed by atoms with van der Waals surface area (Å²) in [6.45, 7) is 10.5. The Kier molecular flexibility index (Phi) is 6.14. The molecule has 6 nitrogen and oxygen atoms in total. The van der Waals surface area contributed by atoms with Gasteiger partial charge >= 0.3 is 0 Å². The summed E-state index contributed by atoms with van der Waals surface area (Å²) in [5, 5.41) is 17.3. The van der Waals surface area contributed by atoms with Crippen LogP contribution in [0.5, 0.6) is 0 Å². The molecule has 0 atom stereocenters. The molecule has 0 amide bonds. The summed E-state index contributed by atoms with van der Waals surface area (Å²) >= 11 is 0. The van der Waals surface area contributed by atoms with Crippen LogP contribution in [0.15, 0.2) is 61.1 Å². The predicted octanol–water partition coefficient (Wildman–Crippen LogP) is 4.42.